The summed E-state index contributed by atoms with van der Waals surface area (Å²) in [5, 5.41) is 9.93. The Morgan fingerprint density at radius 1 is 1.33 bits per heavy atom. The molecule has 1 atom stereocenters. The van der Waals surface area contributed by atoms with E-state index in [1.165, 1.54) is 36.1 Å². The van der Waals surface area contributed by atoms with E-state index in [0.717, 1.165) is 13.1 Å². The first-order valence-electron chi connectivity index (χ1n) is 6.81. The van der Waals surface area contributed by atoms with Crippen LogP contribution < -0.4 is 5.32 Å². The predicted molar refractivity (Wildman–Crippen MR) is 76.3 cm³/mol. The summed E-state index contributed by atoms with van der Waals surface area (Å²) in [5.74, 6) is 0. The third-order valence-electron chi connectivity index (χ3n) is 4.05. The largest absolute Gasteiger partial charge is 0.385 e. The highest BCUT2D eigenvalue weighted by atomic mass is 15.5. The smallest absolute Gasteiger partial charge is 0.0501 e. The van der Waals surface area contributed by atoms with Gasteiger partial charge in [-0.1, -0.05) is 12.1 Å². The predicted octanol–water partition coefficient (Wildman–Crippen LogP) is 2.62. The van der Waals surface area contributed by atoms with Gasteiger partial charge in [-0.15, -0.1) is 0 Å². The fourth-order valence-electron chi connectivity index (χ4n) is 2.94. The van der Waals surface area contributed by atoms with E-state index in [4.69, 9.17) is 0 Å². The molecule has 1 aromatic carbocycles. The van der Waals surface area contributed by atoms with Gasteiger partial charge in [0.2, 0.25) is 0 Å². The second-order valence-corrected chi connectivity index (χ2v) is 5.73. The third kappa shape index (κ3) is 1.98. The number of benzene rings is 1. The van der Waals surface area contributed by atoms with Gasteiger partial charge in [0.15, 0.2) is 0 Å². The number of aryl methyl sites for hydroxylation is 1. The number of rotatable bonds is 1. The highest BCUT2D eigenvalue weighted by Gasteiger charge is 2.31. The lowest BCUT2D eigenvalue weighted by Gasteiger charge is -2.23. The van der Waals surface area contributed by atoms with Crippen molar-refractivity contribution in [1.29, 1.82) is 0 Å². The Bertz CT molecular complexity index is 481. The zero-order valence-corrected chi connectivity index (χ0v) is 11.2. The molecule has 0 saturated carbocycles. The first-order chi connectivity index (χ1) is 8.67. The molecule has 1 aromatic rings. The summed E-state index contributed by atoms with van der Waals surface area (Å²) in [7, 11) is 2.03. The Labute approximate surface area is 109 Å². The minimum absolute atomic E-state index is 0.0656. The summed E-state index contributed by atoms with van der Waals surface area (Å²) in [4.78, 5) is 0. The van der Waals surface area contributed by atoms with Crippen LogP contribution in [-0.4, -0.2) is 31.4 Å². The summed E-state index contributed by atoms with van der Waals surface area (Å²) >= 11 is 0. The van der Waals surface area contributed by atoms with Gasteiger partial charge in [0.25, 0.3) is 0 Å². The van der Waals surface area contributed by atoms with Gasteiger partial charge in [0.1, 0.15) is 0 Å². The number of anilines is 1. The van der Waals surface area contributed by atoms with Crippen molar-refractivity contribution in [2.45, 2.75) is 31.6 Å². The first kappa shape index (κ1) is 11.6. The summed E-state index contributed by atoms with van der Waals surface area (Å²) < 4.78 is 0. The Morgan fingerprint density at radius 2 is 2.22 bits per heavy atom. The number of nitrogens with zero attached hydrogens (tertiary/aromatic N) is 2. The van der Waals surface area contributed by atoms with Gasteiger partial charge in [-0.3, -0.25) is 5.01 Å². The molecule has 0 aromatic heterocycles. The van der Waals surface area contributed by atoms with E-state index >= 15 is 0 Å². The molecular formula is C15H21N3. The van der Waals surface area contributed by atoms with Crippen LogP contribution in [0.4, 0.5) is 5.69 Å². The van der Waals surface area contributed by atoms with Gasteiger partial charge in [0, 0.05) is 30.9 Å². The fourth-order valence-corrected chi connectivity index (χ4v) is 2.94. The standard InChI is InChI=1S/C15H21N3/c1-15(10-17-18(2)11-15)13-6-7-14-12(9-13)5-3-4-8-16-14/h6-7,9-10,16H,3-5,8,11H2,1-2H3. The fraction of sp³-hybridized carbons (Fsp3) is 0.533. The van der Waals surface area contributed by atoms with Crippen LogP contribution in [0.15, 0.2) is 23.3 Å². The number of nitrogens with one attached hydrogen (secondary N) is 1. The van der Waals surface area contributed by atoms with Gasteiger partial charge in [-0.25, -0.2) is 0 Å². The van der Waals surface area contributed by atoms with E-state index in [1.54, 1.807) is 0 Å². The SMILES string of the molecule is CN1CC(C)(c2ccc3c(c2)CCCCN3)C=N1. The minimum atomic E-state index is 0.0656. The van der Waals surface area contributed by atoms with Crippen LogP contribution in [0.5, 0.6) is 0 Å². The van der Waals surface area contributed by atoms with Gasteiger partial charge in [-0.05, 0) is 43.4 Å². The second-order valence-electron chi connectivity index (χ2n) is 5.73. The van der Waals surface area contributed by atoms with Crippen molar-refractivity contribution in [3.63, 3.8) is 0 Å². The Balaban J connectivity index is 1.95. The van der Waals surface area contributed by atoms with Crippen LogP contribution in [0.2, 0.25) is 0 Å². The quantitative estimate of drug-likeness (QED) is 0.821. The molecule has 18 heavy (non-hydrogen) atoms. The van der Waals surface area contributed by atoms with Crippen molar-refractivity contribution < 1.29 is 0 Å². The van der Waals surface area contributed by atoms with Crippen molar-refractivity contribution in [3.8, 4) is 0 Å². The number of hydrogen-bond acceptors (Lipinski definition) is 3. The van der Waals surface area contributed by atoms with E-state index in [9.17, 15) is 0 Å². The topological polar surface area (TPSA) is 27.6 Å². The maximum Gasteiger partial charge on any atom is 0.0501 e. The number of likely N-dealkylation sites (N-methyl/N-ethyl adjacent to an activating group) is 1. The molecule has 1 unspecified atom stereocenters. The van der Waals surface area contributed by atoms with Crippen molar-refractivity contribution >= 4 is 11.9 Å². The average Bonchev–Trinajstić information content (AvgIpc) is 2.60. The number of hydrazone groups is 1. The van der Waals surface area contributed by atoms with Crippen LogP contribution in [0.1, 0.15) is 30.9 Å². The van der Waals surface area contributed by atoms with Gasteiger partial charge < -0.3 is 5.32 Å². The summed E-state index contributed by atoms with van der Waals surface area (Å²) in [6, 6.07) is 6.87. The molecule has 0 radical (unpaired) electrons. The molecule has 0 spiro atoms. The van der Waals surface area contributed by atoms with Crippen LogP contribution in [0.3, 0.4) is 0 Å². The zero-order chi connectivity index (χ0) is 12.6. The zero-order valence-electron chi connectivity index (χ0n) is 11.2. The van der Waals surface area contributed by atoms with Gasteiger partial charge >= 0.3 is 0 Å². The molecule has 3 rings (SSSR count). The number of hydrogen-bond donors (Lipinski definition) is 1. The van der Waals surface area contributed by atoms with Crippen molar-refractivity contribution in [2.24, 2.45) is 5.10 Å². The maximum atomic E-state index is 4.39. The van der Waals surface area contributed by atoms with E-state index in [0.29, 0.717) is 0 Å². The molecule has 0 fully saturated rings. The Hall–Kier alpha value is -1.51. The van der Waals surface area contributed by atoms with Gasteiger partial charge in [0.05, 0.1) is 6.54 Å². The summed E-state index contributed by atoms with van der Waals surface area (Å²) in [6.07, 6.45) is 5.83. The molecule has 0 amide bonds. The third-order valence-corrected chi connectivity index (χ3v) is 4.05. The first-order valence-corrected chi connectivity index (χ1v) is 6.81. The van der Waals surface area contributed by atoms with Crippen LogP contribution in [0, 0.1) is 0 Å². The van der Waals surface area contributed by atoms with E-state index in [-0.39, 0.29) is 5.41 Å². The molecule has 1 N–H and O–H groups in total. The molecule has 0 aliphatic carbocycles. The minimum Gasteiger partial charge on any atom is -0.385 e. The van der Waals surface area contributed by atoms with Crippen molar-refractivity contribution in [2.75, 3.05) is 25.5 Å². The van der Waals surface area contributed by atoms with Crippen molar-refractivity contribution in [3.05, 3.63) is 29.3 Å². The van der Waals surface area contributed by atoms with Crippen LogP contribution in [-0.2, 0) is 11.8 Å². The molecule has 2 aliphatic rings. The van der Waals surface area contributed by atoms with Crippen LogP contribution in [0.25, 0.3) is 0 Å². The Morgan fingerprint density at radius 3 is 3.00 bits per heavy atom. The average molecular weight is 243 g/mol. The Kier molecular flexibility index (Phi) is 2.77. The molecule has 96 valence electrons. The lowest BCUT2D eigenvalue weighted by atomic mass is 9.83. The van der Waals surface area contributed by atoms with Gasteiger partial charge in [-0.2, -0.15) is 5.10 Å². The van der Waals surface area contributed by atoms with Crippen molar-refractivity contribution in [1.82, 2.24) is 5.01 Å². The van der Waals surface area contributed by atoms with E-state index in [2.05, 4.69) is 41.8 Å². The maximum absolute atomic E-state index is 4.39. The molecule has 0 bridgehead atoms. The van der Waals surface area contributed by atoms with Crippen LogP contribution >= 0.6 is 0 Å². The molecule has 2 heterocycles. The number of fused-ring (bicyclic) bond motifs is 1. The second kappa shape index (κ2) is 4.30. The molecule has 3 heteroatoms. The molecule has 2 aliphatic heterocycles. The molecule has 3 nitrogen and oxygen atoms in total. The van der Waals surface area contributed by atoms with E-state index in [1.807, 2.05) is 12.1 Å². The molecular weight excluding hydrogens is 222 g/mol. The normalized spacial score (nSPS) is 26.7. The highest BCUT2D eigenvalue weighted by Crippen LogP contribution is 2.31. The highest BCUT2D eigenvalue weighted by molar-refractivity contribution is 5.75. The monoisotopic (exact) mass is 243 g/mol. The summed E-state index contributed by atoms with van der Waals surface area (Å²) in [6.45, 7) is 4.35. The lowest BCUT2D eigenvalue weighted by molar-refractivity contribution is 0.348. The summed E-state index contributed by atoms with van der Waals surface area (Å²) in [5.41, 5.74) is 4.24. The van der Waals surface area contributed by atoms with E-state index < -0.39 is 0 Å². The lowest BCUT2D eigenvalue weighted by Crippen LogP contribution is -2.29. The molecule has 0 saturated heterocycles.